The van der Waals surface area contributed by atoms with E-state index in [0.29, 0.717) is 12.2 Å². The Labute approximate surface area is 146 Å². The number of hydrogen-bond acceptors (Lipinski definition) is 7. The summed E-state index contributed by atoms with van der Waals surface area (Å²) >= 11 is 1.59. The molecule has 25 heavy (non-hydrogen) atoms. The largest absolute Gasteiger partial charge is 0.428 e. The van der Waals surface area contributed by atoms with E-state index in [-0.39, 0.29) is 12.0 Å². The molecule has 0 fully saturated rings. The molecule has 6 nitrogen and oxygen atoms in total. The quantitative estimate of drug-likeness (QED) is 0.737. The number of carbonyl (C=O) groups excluding carboxylic acids is 1. The molecule has 2 aromatic heterocycles. The third-order valence-corrected chi connectivity index (χ3v) is 5.28. The van der Waals surface area contributed by atoms with E-state index < -0.39 is 0 Å². The zero-order chi connectivity index (χ0) is 16.8. The first-order valence-electron chi connectivity index (χ1n) is 7.79. The highest BCUT2D eigenvalue weighted by Crippen LogP contribution is 2.39. The number of pyridine rings is 1. The Kier molecular flexibility index (Phi) is 3.14. The van der Waals surface area contributed by atoms with Gasteiger partial charge in [0.1, 0.15) is 5.75 Å². The summed E-state index contributed by atoms with van der Waals surface area (Å²) in [5.41, 5.74) is 9.24. The van der Waals surface area contributed by atoms with Gasteiger partial charge in [-0.05, 0) is 18.2 Å². The summed E-state index contributed by atoms with van der Waals surface area (Å²) < 4.78 is 6.39. The molecule has 3 heterocycles. The number of nitrogens with zero attached hydrogens (tertiary/aromatic N) is 3. The molecule has 2 aliphatic rings. The van der Waals surface area contributed by atoms with E-state index in [1.807, 2.05) is 42.1 Å². The molecule has 7 heteroatoms. The predicted molar refractivity (Wildman–Crippen MR) is 96.7 cm³/mol. The summed E-state index contributed by atoms with van der Waals surface area (Å²) in [6, 6.07) is 7.90. The molecule has 0 radical (unpaired) electrons. The smallest absolute Gasteiger partial charge is 0.298 e. The lowest BCUT2D eigenvalue weighted by Crippen LogP contribution is -2.27. The summed E-state index contributed by atoms with van der Waals surface area (Å²) in [5.74, 6) is 0.536. The van der Waals surface area contributed by atoms with Crippen LogP contribution in [0.4, 0.5) is 0 Å². The lowest BCUT2D eigenvalue weighted by atomic mass is 9.86. The highest BCUT2D eigenvalue weighted by molar-refractivity contribution is 7.16. The van der Waals surface area contributed by atoms with Crippen molar-refractivity contribution < 1.29 is 9.53 Å². The average Bonchev–Trinajstić information content (AvgIpc) is 3.29. The van der Waals surface area contributed by atoms with Gasteiger partial charge >= 0.3 is 0 Å². The number of rotatable bonds is 3. The highest BCUT2D eigenvalue weighted by atomic mass is 32.1. The molecule has 1 N–H and O–H groups in total. The molecular weight excluding hydrogens is 336 g/mol. The van der Waals surface area contributed by atoms with Crippen molar-refractivity contribution in [3.8, 4) is 17.0 Å². The molecule has 0 amide bonds. The number of hydrogen-bond donors (Lipinski definition) is 1. The van der Waals surface area contributed by atoms with Crippen LogP contribution in [0.25, 0.3) is 27.6 Å². The average molecular weight is 348 g/mol. The van der Waals surface area contributed by atoms with Crippen LogP contribution in [-0.2, 0) is 4.79 Å². The second kappa shape index (κ2) is 5.49. The Balaban J connectivity index is 1.69. The molecule has 122 valence electrons. The van der Waals surface area contributed by atoms with Gasteiger partial charge in [-0.1, -0.05) is 12.1 Å². The number of thiazole rings is 1. The fourth-order valence-corrected chi connectivity index (χ4v) is 4.03. The molecule has 3 aromatic rings. The van der Waals surface area contributed by atoms with Crippen LogP contribution in [0, 0.1) is 0 Å². The van der Waals surface area contributed by atoms with Crippen LogP contribution in [0.3, 0.4) is 0 Å². The Hall–Kier alpha value is -3.06. The standard InChI is InChI=1S/C18H12N4O2S/c23-9-24-16-6-15(10-1-2-13-17(5-10)25-8-19-13)21-14-4-3-12-11(18(14)16)7-20-22-12/h1-9,11-12,22H. The number of benzene rings is 1. The van der Waals surface area contributed by atoms with Crippen LogP contribution < -0.4 is 10.2 Å². The van der Waals surface area contributed by atoms with Gasteiger partial charge in [0.2, 0.25) is 0 Å². The van der Waals surface area contributed by atoms with E-state index in [2.05, 4.69) is 21.6 Å². The molecule has 1 aliphatic carbocycles. The monoisotopic (exact) mass is 348 g/mol. The number of aromatic nitrogens is 2. The number of carbonyl (C=O) groups is 1. The van der Waals surface area contributed by atoms with Crippen LogP contribution in [0.1, 0.15) is 17.2 Å². The van der Waals surface area contributed by atoms with Gasteiger partial charge in [0.25, 0.3) is 6.47 Å². The van der Waals surface area contributed by atoms with Gasteiger partial charge in [-0.25, -0.2) is 9.97 Å². The van der Waals surface area contributed by atoms with E-state index in [1.54, 1.807) is 11.3 Å². The van der Waals surface area contributed by atoms with Gasteiger partial charge in [-0.3, -0.25) is 4.79 Å². The van der Waals surface area contributed by atoms with Crippen LogP contribution in [0.2, 0.25) is 0 Å². The van der Waals surface area contributed by atoms with Crippen molar-refractivity contribution in [1.82, 2.24) is 15.4 Å². The van der Waals surface area contributed by atoms with Gasteiger partial charge in [-0.15, -0.1) is 11.3 Å². The van der Waals surface area contributed by atoms with Crippen molar-refractivity contribution in [2.24, 2.45) is 5.10 Å². The maximum absolute atomic E-state index is 11.0. The Morgan fingerprint density at radius 1 is 1.28 bits per heavy atom. The maximum atomic E-state index is 11.0. The predicted octanol–water partition coefficient (Wildman–Crippen LogP) is 2.96. The second-order valence-corrected chi connectivity index (χ2v) is 6.76. The summed E-state index contributed by atoms with van der Waals surface area (Å²) in [5, 5.41) is 4.13. The number of hydrazone groups is 1. The lowest BCUT2D eigenvalue weighted by molar-refractivity contribution is -0.120. The van der Waals surface area contributed by atoms with Crippen molar-refractivity contribution in [2.75, 3.05) is 0 Å². The minimum atomic E-state index is 0.0143. The van der Waals surface area contributed by atoms with Crippen molar-refractivity contribution >= 4 is 40.3 Å². The third-order valence-electron chi connectivity index (χ3n) is 4.49. The van der Waals surface area contributed by atoms with Gasteiger partial charge < -0.3 is 10.2 Å². The van der Waals surface area contributed by atoms with Crippen LogP contribution in [0.5, 0.6) is 5.75 Å². The van der Waals surface area contributed by atoms with Gasteiger partial charge in [0.05, 0.1) is 39.1 Å². The van der Waals surface area contributed by atoms with E-state index in [9.17, 15) is 4.79 Å². The number of ether oxygens (including phenoxy) is 1. The molecule has 0 spiro atoms. The van der Waals surface area contributed by atoms with E-state index in [1.165, 1.54) is 0 Å². The number of nitrogens with one attached hydrogen (secondary N) is 1. The fourth-order valence-electron chi connectivity index (χ4n) is 3.32. The van der Waals surface area contributed by atoms with Crippen LogP contribution in [-0.4, -0.2) is 28.7 Å². The summed E-state index contributed by atoms with van der Waals surface area (Å²) in [6.45, 7) is 0.457. The maximum Gasteiger partial charge on any atom is 0.298 e. The fraction of sp³-hybridized carbons (Fsp3) is 0.111. The van der Waals surface area contributed by atoms with Gasteiger partial charge in [0.15, 0.2) is 0 Å². The molecule has 1 aliphatic heterocycles. The molecule has 2 atom stereocenters. The zero-order valence-corrected chi connectivity index (χ0v) is 13.7. The zero-order valence-electron chi connectivity index (χ0n) is 12.9. The minimum absolute atomic E-state index is 0.0143. The first-order chi connectivity index (χ1) is 12.3. The Morgan fingerprint density at radius 3 is 3.16 bits per heavy atom. The first kappa shape index (κ1) is 14.3. The summed E-state index contributed by atoms with van der Waals surface area (Å²) in [4.78, 5) is 20.1. The van der Waals surface area contributed by atoms with E-state index >= 15 is 0 Å². The van der Waals surface area contributed by atoms with E-state index in [0.717, 1.165) is 32.7 Å². The molecule has 5 rings (SSSR count). The summed E-state index contributed by atoms with van der Waals surface area (Å²) in [7, 11) is 0. The molecule has 1 aromatic carbocycles. The third kappa shape index (κ3) is 2.24. The molecule has 0 bridgehead atoms. The highest BCUT2D eigenvalue weighted by Gasteiger charge is 2.32. The summed E-state index contributed by atoms with van der Waals surface area (Å²) in [6.07, 6.45) is 5.81. The molecule has 0 saturated heterocycles. The van der Waals surface area contributed by atoms with Gasteiger partial charge in [0, 0.05) is 23.4 Å². The minimum Gasteiger partial charge on any atom is -0.428 e. The van der Waals surface area contributed by atoms with Crippen LogP contribution >= 0.6 is 11.3 Å². The van der Waals surface area contributed by atoms with Gasteiger partial charge in [-0.2, -0.15) is 5.10 Å². The van der Waals surface area contributed by atoms with Crippen LogP contribution in [0.15, 0.2) is 41.0 Å². The number of fused-ring (bicyclic) bond motifs is 4. The van der Waals surface area contributed by atoms with E-state index in [4.69, 9.17) is 9.72 Å². The lowest BCUT2D eigenvalue weighted by Gasteiger charge is -2.23. The molecular formula is C18H12N4O2S. The van der Waals surface area contributed by atoms with Crippen molar-refractivity contribution in [1.29, 1.82) is 0 Å². The topological polar surface area (TPSA) is 76.5 Å². The Bertz CT molecular complexity index is 1060. The second-order valence-electron chi connectivity index (χ2n) is 5.87. The normalized spacial score (nSPS) is 20.2. The first-order valence-corrected chi connectivity index (χ1v) is 8.67. The van der Waals surface area contributed by atoms with Crippen molar-refractivity contribution in [3.05, 3.63) is 47.1 Å². The SMILES string of the molecule is O=COc1cc(-c2ccc3ncsc3c2)nc2c1C1C=NNC1C=C2. The molecule has 2 unspecified atom stereocenters. The molecule has 0 saturated carbocycles. The Morgan fingerprint density at radius 2 is 2.24 bits per heavy atom. The van der Waals surface area contributed by atoms with Crippen molar-refractivity contribution in [2.45, 2.75) is 12.0 Å². The van der Waals surface area contributed by atoms with Crippen molar-refractivity contribution in [3.63, 3.8) is 0 Å².